The van der Waals surface area contributed by atoms with Gasteiger partial charge in [0.05, 0.1) is 0 Å². The first kappa shape index (κ1) is 18.8. The van der Waals surface area contributed by atoms with Gasteiger partial charge in [-0.25, -0.2) is 0 Å². The Bertz CT molecular complexity index is 1090. The average Bonchev–Trinajstić information content (AvgIpc) is 3.25. The monoisotopic (exact) mass is 409 g/mol. The van der Waals surface area contributed by atoms with Gasteiger partial charge in [0.1, 0.15) is 0 Å². The molecule has 0 atom stereocenters. The minimum absolute atomic E-state index is 0.743. The zero-order chi connectivity index (χ0) is 20.5. The van der Waals surface area contributed by atoms with Crippen LogP contribution in [0.15, 0.2) is 120 Å². The molecule has 0 amide bonds. The zero-order valence-electron chi connectivity index (χ0n) is 17.0. The molecule has 0 N–H and O–H groups in total. The number of nitrogens with zero attached hydrogens (tertiary/aromatic N) is 1. The molecule has 0 radical (unpaired) electrons. The molecule has 4 aromatic carbocycles. The van der Waals surface area contributed by atoms with E-state index in [9.17, 15) is 0 Å². The van der Waals surface area contributed by atoms with Gasteiger partial charge in [0.2, 0.25) is 0 Å². The van der Waals surface area contributed by atoms with Crippen molar-refractivity contribution in [2.24, 2.45) is 5.16 Å². The third-order valence-electron chi connectivity index (χ3n) is 6.07. The van der Waals surface area contributed by atoms with E-state index in [0.29, 0.717) is 0 Å². The molecule has 0 aliphatic carbocycles. The van der Waals surface area contributed by atoms with E-state index in [1.807, 2.05) is 0 Å². The molecule has 3 heteroatoms. The van der Waals surface area contributed by atoms with Gasteiger partial charge in [-0.15, -0.1) is 0 Å². The fraction of sp³-hybridized carbons (Fsp3) is 0.0741. The van der Waals surface area contributed by atoms with Gasteiger partial charge in [-0.1, -0.05) is 0 Å². The summed E-state index contributed by atoms with van der Waals surface area (Å²) >= 11 is 0. The van der Waals surface area contributed by atoms with E-state index in [0.717, 1.165) is 17.4 Å². The second kappa shape index (κ2) is 7.23. The summed E-state index contributed by atoms with van der Waals surface area (Å²) in [5, 5.41) is 8.37. The number of aryl methyl sites for hydroxylation is 1. The Kier molecular flexibility index (Phi) is 4.53. The molecule has 0 fully saturated rings. The van der Waals surface area contributed by atoms with Crippen LogP contribution >= 0.6 is 6.83 Å². The summed E-state index contributed by atoms with van der Waals surface area (Å²) in [7, 11) is 0. The molecule has 0 spiro atoms. The molecule has 1 aliphatic rings. The fourth-order valence-electron chi connectivity index (χ4n) is 4.47. The van der Waals surface area contributed by atoms with Crippen molar-refractivity contribution in [1.29, 1.82) is 0 Å². The summed E-state index contributed by atoms with van der Waals surface area (Å²) in [4.78, 5) is 0. The van der Waals surface area contributed by atoms with Gasteiger partial charge in [0, 0.05) is 0 Å². The van der Waals surface area contributed by atoms with Crippen molar-refractivity contribution in [3.63, 3.8) is 0 Å². The van der Waals surface area contributed by atoms with Crippen molar-refractivity contribution in [3.05, 3.63) is 126 Å². The molecule has 0 unspecified atom stereocenters. The number of hydrogen-bond donors (Lipinski definition) is 0. The number of rotatable bonds is 4. The molecular formula is C27H24NOP. The van der Waals surface area contributed by atoms with Gasteiger partial charge >= 0.3 is 178 Å². The first-order valence-electron chi connectivity index (χ1n) is 10.2. The van der Waals surface area contributed by atoms with Gasteiger partial charge in [0.25, 0.3) is 0 Å². The van der Waals surface area contributed by atoms with Crippen LogP contribution in [-0.2, 0) is 4.62 Å². The van der Waals surface area contributed by atoms with Crippen LogP contribution in [0.25, 0.3) is 0 Å². The van der Waals surface area contributed by atoms with Crippen LogP contribution in [0.5, 0.6) is 0 Å². The standard InChI is InChI=1S/C27H24NOP/c1-22-17-19-23(20-18-22)27-21-30(29-28-27,24-11-5-2-6-12-24,25-13-7-3-8-14-25)26-15-9-4-10-16-26/h2-20H,21H2,1H3. The van der Waals surface area contributed by atoms with E-state index in [2.05, 4.69) is 122 Å². The second-order valence-electron chi connectivity index (χ2n) is 7.86. The van der Waals surface area contributed by atoms with E-state index in [-0.39, 0.29) is 0 Å². The third-order valence-corrected chi connectivity index (χ3v) is 11.6. The first-order valence-corrected chi connectivity index (χ1v) is 12.6. The van der Waals surface area contributed by atoms with Crippen LogP contribution in [-0.4, -0.2) is 11.9 Å². The van der Waals surface area contributed by atoms with Crippen LogP contribution in [0.3, 0.4) is 0 Å². The molecule has 148 valence electrons. The molecule has 30 heavy (non-hydrogen) atoms. The second-order valence-corrected chi connectivity index (χ2v) is 12.3. The molecule has 0 aromatic heterocycles. The summed E-state index contributed by atoms with van der Waals surface area (Å²) in [6.07, 6.45) is 0.743. The molecule has 5 rings (SSSR count). The first-order chi connectivity index (χ1) is 14.7. The predicted octanol–water partition coefficient (Wildman–Crippen LogP) is 5.17. The van der Waals surface area contributed by atoms with E-state index < -0.39 is 6.83 Å². The summed E-state index contributed by atoms with van der Waals surface area (Å²) in [5.74, 6) is 0. The van der Waals surface area contributed by atoms with Crippen molar-refractivity contribution in [3.8, 4) is 0 Å². The van der Waals surface area contributed by atoms with Gasteiger partial charge in [0.15, 0.2) is 0 Å². The Morgan fingerprint density at radius 3 is 1.47 bits per heavy atom. The summed E-state index contributed by atoms with van der Waals surface area (Å²) in [6.45, 7) is -1.18. The van der Waals surface area contributed by atoms with Crippen LogP contribution in [0, 0.1) is 6.92 Å². The molecular weight excluding hydrogens is 385 g/mol. The van der Waals surface area contributed by atoms with Crippen molar-refractivity contribution in [2.45, 2.75) is 6.92 Å². The van der Waals surface area contributed by atoms with Crippen LogP contribution in [0.4, 0.5) is 0 Å². The Morgan fingerprint density at radius 2 is 1.03 bits per heavy atom. The topological polar surface area (TPSA) is 21.6 Å². The Labute approximate surface area is 177 Å². The Morgan fingerprint density at radius 1 is 0.600 bits per heavy atom. The number of benzene rings is 4. The number of oxime groups is 1. The van der Waals surface area contributed by atoms with Crippen LogP contribution < -0.4 is 15.9 Å². The molecule has 1 heterocycles. The van der Waals surface area contributed by atoms with Gasteiger partial charge in [-0.05, 0) is 0 Å². The quantitative estimate of drug-likeness (QED) is 0.426. The predicted molar refractivity (Wildman–Crippen MR) is 129 cm³/mol. The van der Waals surface area contributed by atoms with Gasteiger partial charge in [-0.2, -0.15) is 0 Å². The number of hydrogen-bond acceptors (Lipinski definition) is 2. The van der Waals surface area contributed by atoms with Gasteiger partial charge < -0.3 is 0 Å². The van der Waals surface area contributed by atoms with E-state index in [1.165, 1.54) is 21.5 Å². The van der Waals surface area contributed by atoms with Crippen molar-refractivity contribution in [1.82, 2.24) is 0 Å². The molecule has 2 nitrogen and oxygen atoms in total. The van der Waals surface area contributed by atoms with Crippen molar-refractivity contribution in [2.75, 3.05) is 6.16 Å². The summed E-state index contributed by atoms with van der Waals surface area (Å²) in [6, 6.07) is 40.6. The van der Waals surface area contributed by atoms with Crippen molar-refractivity contribution >= 4 is 28.5 Å². The molecule has 4 aromatic rings. The maximum absolute atomic E-state index is 6.80. The zero-order valence-corrected chi connectivity index (χ0v) is 17.9. The Balaban J connectivity index is 1.81. The summed E-state index contributed by atoms with van der Waals surface area (Å²) < 4.78 is 6.80. The average molecular weight is 409 g/mol. The maximum atomic E-state index is 6.80. The van der Waals surface area contributed by atoms with Crippen LogP contribution in [0.2, 0.25) is 0 Å². The normalized spacial score (nSPS) is 17.9. The Hall–Kier alpha value is -3.22. The molecule has 0 saturated carbocycles. The van der Waals surface area contributed by atoms with E-state index in [4.69, 9.17) is 9.78 Å². The minimum atomic E-state index is -3.29. The van der Waals surface area contributed by atoms with E-state index >= 15 is 0 Å². The SMILES string of the molecule is Cc1ccc(C2=NOP(c3ccccc3)(c3ccccc3)(c3ccccc3)C2)cc1. The fourth-order valence-corrected chi connectivity index (χ4v) is 9.75. The third kappa shape index (κ3) is 2.72. The molecule has 0 saturated heterocycles. The molecule has 1 aliphatic heterocycles. The molecule has 0 bridgehead atoms. The van der Waals surface area contributed by atoms with Gasteiger partial charge in [-0.3, -0.25) is 0 Å². The van der Waals surface area contributed by atoms with Crippen LogP contribution in [0.1, 0.15) is 11.1 Å². The van der Waals surface area contributed by atoms with Crippen molar-refractivity contribution < 1.29 is 4.62 Å². The summed E-state index contributed by atoms with van der Waals surface area (Å²) in [5.41, 5.74) is 3.36. The van der Waals surface area contributed by atoms with E-state index in [1.54, 1.807) is 0 Å².